The normalized spacial score (nSPS) is 23.3. The average molecular weight is 389 g/mol. The number of aromatic nitrogens is 2. The van der Waals surface area contributed by atoms with E-state index in [0.29, 0.717) is 23.9 Å². The lowest BCUT2D eigenvalue weighted by molar-refractivity contribution is -0.163. The third kappa shape index (κ3) is 4.29. The Labute approximate surface area is 164 Å². The standard InChI is InChI=1S/C20H25ClN4O2/c1-12-10-25(11-20(5,27-12)15(4)26)24-18-13(2)14(3)22-19(23-18)16-6-8-17(21)9-7-16/h6-9,12H,10-11H2,1-5H3,(H,22,23,24). The van der Waals surface area contributed by atoms with Gasteiger partial charge in [-0.25, -0.2) is 15.0 Å². The number of aryl methyl sites for hydroxylation is 1. The molecule has 1 aliphatic heterocycles. The molecule has 1 aliphatic rings. The SMILES string of the molecule is CC(=O)C1(C)CN(Nc2nc(-c3ccc(Cl)cc3)nc(C)c2C)CC(C)O1. The fraction of sp³-hybridized carbons (Fsp3) is 0.450. The summed E-state index contributed by atoms with van der Waals surface area (Å²) in [6.45, 7) is 10.4. The van der Waals surface area contributed by atoms with Crippen molar-refractivity contribution in [3.8, 4) is 11.4 Å². The smallest absolute Gasteiger partial charge is 0.162 e. The summed E-state index contributed by atoms with van der Waals surface area (Å²) in [5.74, 6) is 1.37. The molecule has 1 saturated heterocycles. The van der Waals surface area contributed by atoms with Crippen molar-refractivity contribution < 1.29 is 9.53 Å². The molecule has 0 aliphatic carbocycles. The third-order valence-corrected chi connectivity index (χ3v) is 5.18. The Morgan fingerprint density at radius 3 is 2.59 bits per heavy atom. The second-order valence-electron chi connectivity index (χ2n) is 7.32. The van der Waals surface area contributed by atoms with Crippen LogP contribution in [0.5, 0.6) is 0 Å². The quantitative estimate of drug-likeness (QED) is 0.859. The number of morpholine rings is 1. The molecule has 1 aromatic carbocycles. The van der Waals surface area contributed by atoms with E-state index in [4.69, 9.17) is 21.3 Å². The van der Waals surface area contributed by atoms with Gasteiger partial charge in [0.2, 0.25) is 0 Å². The van der Waals surface area contributed by atoms with Crippen LogP contribution < -0.4 is 5.43 Å². The second-order valence-corrected chi connectivity index (χ2v) is 7.76. The lowest BCUT2D eigenvalue weighted by Crippen LogP contribution is -2.58. The minimum atomic E-state index is -0.834. The number of hydrogen-bond donors (Lipinski definition) is 1. The molecule has 0 bridgehead atoms. The largest absolute Gasteiger partial charge is 0.362 e. The first-order valence-corrected chi connectivity index (χ1v) is 9.37. The molecule has 2 aromatic rings. The number of ketones is 1. The zero-order valence-corrected chi connectivity index (χ0v) is 17.1. The van der Waals surface area contributed by atoms with E-state index in [1.54, 1.807) is 6.92 Å². The monoisotopic (exact) mass is 388 g/mol. The second kappa shape index (κ2) is 7.54. The number of Topliss-reactive ketones (excluding diaryl/α,β-unsaturated/α-hetero) is 1. The van der Waals surface area contributed by atoms with Gasteiger partial charge >= 0.3 is 0 Å². The van der Waals surface area contributed by atoms with E-state index in [2.05, 4.69) is 10.4 Å². The Morgan fingerprint density at radius 2 is 1.96 bits per heavy atom. The number of hydrazine groups is 1. The summed E-state index contributed by atoms with van der Waals surface area (Å²) in [5.41, 5.74) is 5.31. The maximum absolute atomic E-state index is 12.0. The van der Waals surface area contributed by atoms with Gasteiger partial charge < -0.3 is 10.2 Å². The zero-order valence-electron chi connectivity index (χ0n) is 16.3. The van der Waals surface area contributed by atoms with Gasteiger partial charge in [0, 0.05) is 28.4 Å². The van der Waals surface area contributed by atoms with Gasteiger partial charge in [-0.2, -0.15) is 0 Å². The predicted molar refractivity (Wildman–Crippen MR) is 107 cm³/mol. The van der Waals surface area contributed by atoms with Gasteiger partial charge in [0.1, 0.15) is 11.4 Å². The molecular formula is C20H25ClN4O2. The van der Waals surface area contributed by atoms with E-state index in [-0.39, 0.29) is 11.9 Å². The molecule has 0 saturated carbocycles. The van der Waals surface area contributed by atoms with Crippen LogP contribution in [0.25, 0.3) is 11.4 Å². The Balaban J connectivity index is 1.90. The molecule has 27 heavy (non-hydrogen) atoms. The minimum absolute atomic E-state index is 0.0123. The minimum Gasteiger partial charge on any atom is -0.362 e. The maximum Gasteiger partial charge on any atom is 0.162 e. The number of carbonyl (C=O) groups is 1. The first-order valence-electron chi connectivity index (χ1n) is 8.99. The number of hydrogen-bond acceptors (Lipinski definition) is 6. The van der Waals surface area contributed by atoms with Gasteiger partial charge in [0.15, 0.2) is 11.6 Å². The van der Waals surface area contributed by atoms with Crippen LogP contribution in [-0.2, 0) is 9.53 Å². The fourth-order valence-corrected chi connectivity index (χ4v) is 3.28. The van der Waals surface area contributed by atoms with Gasteiger partial charge in [0.25, 0.3) is 0 Å². The molecule has 144 valence electrons. The zero-order chi connectivity index (χ0) is 19.8. The molecule has 6 nitrogen and oxygen atoms in total. The summed E-state index contributed by atoms with van der Waals surface area (Å²) in [6, 6.07) is 7.45. The summed E-state index contributed by atoms with van der Waals surface area (Å²) in [4.78, 5) is 21.4. The molecule has 0 amide bonds. The van der Waals surface area contributed by atoms with Crippen molar-refractivity contribution in [3.05, 3.63) is 40.5 Å². The number of halogens is 1. The lowest BCUT2D eigenvalue weighted by Gasteiger charge is -2.42. The van der Waals surface area contributed by atoms with Crippen molar-refractivity contribution in [2.45, 2.75) is 46.3 Å². The highest BCUT2D eigenvalue weighted by molar-refractivity contribution is 6.30. The Kier molecular flexibility index (Phi) is 5.51. The number of anilines is 1. The van der Waals surface area contributed by atoms with Crippen molar-refractivity contribution in [2.75, 3.05) is 18.5 Å². The number of nitrogens with one attached hydrogen (secondary N) is 1. The number of ether oxygens (including phenoxy) is 1. The molecule has 1 aromatic heterocycles. The van der Waals surface area contributed by atoms with Crippen LogP contribution in [0.1, 0.15) is 32.0 Å². The van der Waals surface area contributed by atoms with Gasteiger partial charge in [-0.05, 0) is 58.9 Å². The topological polar surface area (TPSA) is 67.4 Å². The molecule has 0 radical (unpaired) electrons. The lowest BCUT2D eigenvalue weighted by atomic mass is 9.99. The van der Waals surface area contributed by atoms with Crippen molar-refractivity contribution in [3.63, 3.8) is 0 Å². The Morgan fingerprint density at radius 1 is 1.30 bits per heavy atom. The van der Waals surface area contributed by atoms with E-state index < -0.39 is 5.60 Å². The van der Waals surface area contributed by atoms with Gasteiger partial charge in [-0.15, -0.1) is 0 Å². The molecule has 1 fully saturated rings. The van der Waals surface area contributed by atoms with Gasteiger partial charge in [-0.1, -0.05) is 11.6 Å². The van der Waals surface area contributed by atoms with Crippen LogP contribution in [0.15, 0.2) is 24.3 Å². The molecule has 7 heteroatoms. The van der Waals surface area contributed by atoms with Gasteiger partial charge in [-0.3, -0.25) is 4.79 Å². The summed E-state index contributed by atoms with van der Waals surface area (Å²) in [5, 5.41) is 2.67. The van der Waals surface area contributed by atoms with Crippen LogP contribution >= 0.6 is 11.6 Å². The summed E-state index contributed by atoms with van der Waals surface area (Å²) in [7, 11) is 0. The molecule has 1 N–H and O–H groups in total. The number of carbonyl (C=O) groups excluding carboxylic acids is 1. The Hall–Kier alpha value is -2.02. The van der Waals surface area contributed by atoms with Crippen molar-refractivity contribution in [2.24, 2.45) is 0 Å². The van der Waals surface area contributed by atoms with E-state index in [0.717, 1.165) is 22.6 Å². The van der Waals surface area contributed by atoms with Crippen molar-refractivity contribution in [1.29, 1.82) is 0 Å². The summed E-state index contributed by atoms with van der Waals surface area (Å²) in [6.07, 6.45) is -0.0703. The maximum atomic E-state index is 12.0. The summed E-state index contributed by atoms with van der Waals surface area (Å²) >= 11 is 5.98. The average Bonchev–Trinajstić information content (AvgIpc) is 2.58. The van der Waals surface area contributed by atoms with Crippen LogP contribution in [0, 0.1) is 13.8 Å². The number of benzene rings is 1. The highest BCUT2D eigenvalue weighted by Crippen LogP contribution is 2.26. The Bertz CT molecular complexity index is 856. The third-order valence-electron chi connectivity index (χ3n) is 4.93. The number of nitrogens with zero attached hydrogens (tertiary/aromatic N) is 3. The van der Waals surface area contributed by atoms with E-state index >= 15 is 0 Å². The predicted octanol–water partition coefficient (Wildman–Crippen LogP) is 3.81. The first kappa shape index (κ1) is 19.7. The van der Waals surface area contributed by atoms with Crippen LogP contribution in [0.3, 0.4) is 0 Å². The highest BCUT2D eigenvalue weighted by Gasteiger charge is 2.39. The van der Waals surface area contributed by atoms with Crippen molar-refractivity contribution >= 4 is 23.2 Å². The fourth-order valence-electron chi connectivity index (χ4n) is 3.15. The van der Waals surface area contributed by atoms with Crippen LogP contribution in [-0.4, -0.2) is 45.6 Å². The van der Waals surface area contributed by atoms with Crippen molar-refractivity contribution in [1.82, 2.24) is 15.0 Å². The van der Waals surface area contributed by atoms with Crippen LogP contribution in [0.4, 0.5) is 5.82 Å². The molecule has 2 atom stereocenters. The number of rotatable bonds is 4. The molecule has 2 heterocycles. The van der Waals surface area contributed by atoms with Gasteiger partial charge in [0.05, 0.1) is 12.6 Å². The van der Waals surface area contributed by atoms with Crippen LogP contribution in [0.2, 0.25) is 5.02 Å². The molecule has 3 rings (SSSR count). The van der Waals surface area contributed by atoms with E-state index in [9.17, 15) is 4.79 Å². The first-order chi connectivity index (χ1) is 12.7. The van der Waals surface area contributed by atoms with E-state index in [1.807, 2.05) is 57.0 Å². The molecule has 2 unspecified atom stereocenters. The highest BCUT2D eigenvalue weighted by atomic mass is 35.5. The molecular weight excluding hydrogens is 364 g/mol. The molecule has 0 spiro atoms. The summed E-state index contributed by atoms with van der Waals surface area (Å²) < 4.78 is 5.88. The van der Waals surface area contributed by atoms with E-state index in [1.165, 1.54) is 0 Å².